The van der Waals surface area contributed by atoms with Crippen LogP contribution in [-0.4, -0.2) is 33.0 Å². The minimum atomic E-state index is 0.523. The fourth-order valence-electron chi connectivity index (χ4n) is 2.10. The molecule has 1 heterocycles. The summed E-state index contributed by atoms with van der Waals surface area (Å²) in [5.74, 6) is 0. The molecule has 1 aliphatic heterocycles. The number of likely N-dealkylation sites (tertiary alicyclic amines) is 1. The molecule has 1 aromatic rings. The third-order valence-corrected chi connectivity index (χ3v) is 4.39. The lowest BCUT2D eigenvalue weighted by Crippen LogP contribution is -2.39. The first kappa shape index (κ1) is 12.8. The van der Waals surface area contributed by atoms with Crippen molar-refractivity contribution in [3.63, 3.8) is 0 Å². The quantitative estimate of drug-likeness (QED) is 0.301. The first-order valence-corrected chi connectivity index (χ1v) is 7.16. The molecule has 1 saturated heterocycles. The molecular formula is C13H17IN2O. The van der Waals surface area contributed by atoms with Crippen molar-refractivity contribution in [3.05, 3.63) is 35.9 Å². The maximum absolute atomic E-state index is 8.72. The van der Waals surface area contributed by atoms with Gasteiger partial charge in [0.2, 0.25) is 0 Å². The summed E-state index contributed by atoms with van der Waals surface area (Å²) in [5, 5.41) is 12.0. The van der Waals surface area contributed by atoms with E-state index < -0.39 is 0 Å². The molecule has 0 amide bonds. The third kappa shape index (κ3) is 3.67. The Bertz CT molecular complexity index is 370. The highest BCUT2D eigenvalue weighted by Gasteiger charge is 2.21. The SMILES string of the molecule is ON=C1CCN(C(I)Cc2ccccc2)CC1. The molecule has 1 aromatic carbocycles. The van der Waals surface area contributed by atoms with E-state index in [-0.39, 0.29) is 0 Å². The molecule has 3 nitrogen and oxygen atoms in total. The summed E-state index contributed by atoms with van der Waals surface area (Å²) >= 11 is 2.51. The van der Waals surface area contributed by atoms with Gasteiger partial charge in [-0.2, -0.15) is 0 Å². The molecule has 17 heavy (non-hydrogen) atoms. The van der Waals surface area contributed by atoms with Crippen LogP contribution in [0, 0.1) is 0 Å². The van der Waals surface area contributed by atoms with E-state index in [1.165, 1.54) is 5.56 Å². The zero-order valence-corrected chi connectivity index (χ0v) is 11.9. The van der Waals surface area contributed by atoms with Gasteiger partial charge in [-0.25, -0.2) is 0 Å². The van der Waals surface area contributed by atoms with E-state index in [1.807, 2.05) is 0 Å². The largest absolute Gasteiger partial charge is 0.411 e. The molecule has 0 bridgehead atoms. The number of benzene rings is 1. The van der Waals surface area contributed by atoms with Gasteiger partial charge in [0.25, 0.3) is 0 Å². The van der Waals surface area contributed by atoms with Crippen molar-refractivity contribution in [2.45, 2.75) is 23.3 Å². The van der Waals surface area contributed by atoms with Crippen LogP contribution in [0.2, 0.25) is 0 Å². The first-order chi connectivity index (χ1) is 8.29. The summed E-state index contributed by atoms with van der Waals surface area (Å²) < 4.78 is 0.523. The Morgan fingerprint density at radius 2 is 1.88 bits per heavy atom. The second kappa shape index (κ2) is 6.35. The van der Waals surface area contributed by atoms with Gasteiger partial charge in [0.05, 0.1) is 9.76 Å². The molecule has 0 aliphatic carbocycles. The summed E-state index contributed by atoms with van der Waals surface area (Å²) in [5.41, 5.74) is 2.32. The van der Waals surface area contributed by atoms with Crippen LogP contribution < -0.4 is 0 Å². The maximum atomic E-state index is 8.72. The van der Waals surface area contributed by atoms with E-state index in [1.54, 1.807) is 0 Å². The Kier molecular flexibility index (Phi) is 4.79. The molecule has 1 unspecified atom stereocenters. The van der Waals surface area contributed by atoms with Crippen LogP contribution in [0.25, 0.3) is 0 Å². The van der Waals surface area contributed by atoms with Crippen LogP contribution in [0.3, 0.4) is 0 Å². The second-order valence-electron chi connectivity index (χ2n) is 4.33. The Labute approximate surface area is 116 Å². The van der Waals surface area contributed by atoms with Gasteiger partial charge in [0.15, 0.2) is 0 Å². The standard InChI is InChI=1S/C13H17IN2O/c14-13(10-11-4-2-1-3-5-11)16-8-6-12(15-17)7-9-16/h1-5,13,17H,6-10H2. The average molecular weight is 344 g/mol. The second-order valence-corrected chi connectivity index (χ2v) is 5.76. The zero-order chi connectivity index (χ0) is 12.1. The van der Waals surface area contributed by atoms with Gasteiger partial charge < -0.3 is 5.21 Å². The number of halogens is 1. The number of alkyl halides is 1. The van der Waals surface area contributed by atoms with Crippen LogP contribution in [-0.2, 0) is 6.42 Å². The molecule has 4 heteroatoms. The van der Waals surface area contributed by atoms with Crippen molar-refractivity contribution in [3.8, 4) is 0 Å². The molecule has 0 spiro atoms. The van der Waals surface area contributed by atoms with Gasteiger partial charge in [-0.1, -0.05) is 58.1 Å². The van der Waals surface area contributed by atoms with Crippen LogP contribution in [0.15, 0.2) is 35.5 Å². The van der Waals surface area contributed by atoms with E-state index in [0.29, 0.717) is 4.05 Å². The number of nitrogens with zero attached hydrogens (tertiary/aromatic N) is 2. The number of hydrogen-bond donors (Lipinski definition) is 1. The van der Waals surface area contributed by atoms with Gasteiger partial charge in [-0.05, 0) is 12.0 Å². The Hall–Kier alpha value is -0.620. The molecule has 1 atom stereocenters. The molecular weight excluding hydrogens is 327 g/mol. The van der Waals surface area contributed by atoms with Crippen LogP contribution in [0.1, 0.15) is 18.4 Å². The van der Waals surface area contributed by atoms with Crippen molar-refractivity contribution < 1.29 is 5.21 Å². The molecule has 1 aliphatic rings. The fraction of sp³-hybridized carbons (Fsp3) is 0.462. The third-order valence-electron chi connectivity index (χ3n) is 3.16. The predicted octanol–water partition coefficient (Wildman–Crippen LogP) is 2.92. The Morgan fingerprint density at radius 1 is 1.24 bits per heavy atom. The van der Waals surface area contributed by atoms with Crippen LogP contribution >= 0.6 is 22.6 Å². The van der Waals surface area contributed by atoms with Gasteiger partial charge in [0, 0.05) is 25.9 Å². The van der Waals surface area contributed by atoms with Crippen molar-refractivity contribution in [1.82, 2.24) is 4.90 Å². The smallest absolute Gasteiger partial charge is 0.0659 e. The first-order valence-electron chi connectivity index (χ1n) is 5.91. The van der Waals surface area contributed by atoms with Crippen LogP contribution in [0.5, 0.6) is 0 Å². The lowest BCUT2D eigenvalue weighted by molar-refractivity contribution is 0.255. The summed E-state index contributed by atoms with van der Waals surface area (Å²) in [6.07, 6.45) is 2.86. The Morgan fingerprint density at radius 3 is 2.47 bits per heavy atom. The molecule has 0 saturated carbocycles. The lowest BCUT2D eigenvalue weighted by atomic mass is 10.1. The summed E-state index contributed by atoms with van der Waals surface area (Å²) in [4.78, 5) is 2.46. The van der Waals surface area contributed by atoms with Gasteiger partial charge in [-0.15, -0.1) is 0 Å². The minimum Gasteiger partial charge on any atom is -0.411 e. The molecule has 1 N–H and O–H groups in total. The average Bonchev–Trinajstić information content (AvgIpc) is 2.40. The van der Waals surface area contributed by atoms with Crippen LogP contribution in [0.4, 0.5) is 0 Å². The normalized spacial score (nSPS) is 19.0. The van der Waals surface area contributed by atoms with E-state index in [2.05, 4.69) is 63.0 Å². The fourth-order valence-corrected chi connectivity index (χ4v) is 3.17. The van der Waals surface area contributed by atoms with Gasteiger partial charge in [-0.3, -0.25) is 4.90 Å². The van der Waals surface area contributed by atoms with Gasteiger partial charge >= 0.3 is 0 Å². The lowest BCUT2D eigenvalue weighted by Gasteiger charge is -2.31. The Balaban J connectivity index is 1.87. The zero-order valence-electron chi connectivity index (χ0n) is 9.72. The van der Waals surface area contributed by atoms with Crippen molar-refractivity contribution in [2.24, 2.45) is 5.16 Å². The van der Waals surface area contributed by atoms with Crippen molar-refractivity contribution in [1.29, 1.82) is 0 Å². The van der Waals surface area contributed by atoms with E-state index >= 15 is 0 Å². The maximum Gasteiger partial charge on any atom is 0.0659 e. The molecule has 92 valence electrons. The molecule has 0 radical (unpaired) electrons. The van der Waals surface area contributed by atoms with Gasteiger partial charge in [0.1, 0.15) is 0 Å². The topological polar surface area (TPSA) is 35.8 Å². The van der Waals surface area contributed by atoms with E-state index in [4.69, 9.17) is 5.21 Å². The van der Waals surface area contributed by atoms with Crippen molar-refractivity contribution in [2.75, 3.05) is 13.1 Å². The summed E-state index contributed by atoms with van der Waals surface area (Å²) in [7, 11) is 0. The number of oxime groups is 1. The molecule has 1 fully saturated rings. The monoisotopic (exact) mass is 344 g/mol. The molecule has 2 rings (SSSR count). The molecule has 0 aromatic heterocycles. The predicted molar refractivity (Wildman–Crippen MR) is 78.0 cm³/mol. The summed E-state index contributed by atoms with van der Waals surface area (Å²) in [6.45, 7) is 2.00. The highest BCUT2D eigenvalue weighted by atomic mass is 127. The van der Waals surface area contributed by atoms with E-state index in [9.17, 15) is 0 Å². The number of hydrogen-bond acceptors (Lipinski definition) is 3. The highest BCUT2D eigenvalue weighted by molar-refractivity contribution is 14.1. The number of piperidine rings is 1. The van der Waals surface area contributed by atoms with Crippen molar-refractivity contribution >= 4 is 28.3 Å². The minimum absolute atomic E-state index is 0.523. The summed E-state index contributed by atoms with van der Waals surface area (Å²) in [6, 6.07) is 10.6. The highest BCUT2D eigenvalue weighted by Crippen LogP contribution is 2.19. The van der Waals surface area contributed by atoms with E-state index in [0.717, 1.165) is 38.1 Å². The number of rotatable bonds is 3.